The van der Waals surface area contributed by atoms with Gasteiger partial charge in [-0.3, -0.25) is 4.79 Å². The normalized spacial score (nSPS) is 12.1. The highest BCUT2D eigenvalue weighted by Crippen LogP contribution is 2.18. The van der Waals surface area contributed by atoms with Crippen LogP contribution >= 0.6 is 0 Å². The summed E-state index contributed by atoms with van der Waals surface area (Å²) in [4.78, 5) is 11.7. The van der Waals surface area contributed by atoms with E-state index in [4.69, 9.17) is 20.3 Å². The summed E-state index contributed by atoms with van der Waals surface area (Å²) in [5.41, 5.74) is 7.11. The fourth-order valence-corrected chi connectivity index (χ4v) is 1.46. The molecule has 0 aromatic heterocycles. The lowest BCUT2D eigenvalue weighted by molar-refractivity contribution is -0.146. The number of aliphatic hydroxyl groups excluding tert-OH is 1. The average molecular weight is 253 g/mol. The fourth-order valence-electron chi connectivity index (χ4n) is 1.46. The van der Waals surface area contributed by atoms with E-state index in [9.17, 15) is 4.79 Å². The summed E-state index contributed by atoms with van der Waals surface area (Å²) in [5, 5.41) is 8.49. The standard InChI is InChI=1S/C13H19NO4/c1-10(11-3-2-4-12(14)9-11)13(16)18-8-7-17-6-5-15/h2-4,9-10,15H,5-8,14H2,1H3. The van der Waals surface area contributed by atoms with Crippen LogP contribution in [0.3, 0.4) is 0 Å². The van der Waals surface area contributed by atoms with Crippen LogP contribution in [0.2, 0.25) is 0 Å². The summed E-state index contributed by atoms with van der Waals surface area (Å²) in [6, 6.07) is 7.17. The molecule has 0 bridgehead atoms. The highest BCUT2D eigenvalue weighted by atomic mass is 16.6. The van der Waals surface area contributed by atoms with Crippen LogP contribution in [-0.4, -0.2) is 37.5 Å². The first-order valence-corrected chi connectivity index (χ1v) is 5.86. The number of carbonyl (C=O) groups is 1. The fraction of sp³-hybridized carbons (Fsp3) is 0.462. The van der Waals surface area contributed by atoms with Gasteiger partial charge >= 0.3 is 5.97 Å². The van der Waals surface area contributed by atoms with Crippen molar-refractivity contribution in [1.29, 1.82) is 0 Å². The number of benzene rings is 1. The molecule has 0 aliphatic carbocycles. The summed E-state index contributed by atoms with van der Waals surface area (Å²) in [7, 11) is 0. The summed E-state index contributed by atoms with van der Waals surface area (Å²) in [6.07, 6.45) is 0. The zero-order valence-corrected chi connectivity index (χ0v) is 10.5. The van der Waals surface area contributed by atoms with Crippen molar-refractivity contribution in [2.75, 3.05) is 32.2 Å². The molecular weight excluding hydrogens is 234 g/mol. The second kappa shape index (κ2) is 7.68. The van der Waals surface area contributed by atoms with E-state index in [0.717, 1.165) is 5.56 Å². The van der Waals surface area contributed by atoms with Crippen molar-refractivity contribution < 1.29 is 19.4 Å². The molecule has 100 valence electrons. The predicted octanol–water partition coefficient (Wildman–Crippen LogP) is 0.924. The summed E-state index contributed by atoms with van der Waals surface area (Å²) >= 11 is 0. The van der Waals surface area contributed by atoms with Crippen LogP contribution < -0.4 is 5.73 Å². The van der Waals surface area contributed by atoms with Gasteiger partial charge in [-0.05, 0) is 24.6 Å². The SMILES string of the molecule is CC(C(=O)OCCOCCO)c1cccc(N)c1. The topological polar surface area (TPSA) is 81.8 Å². The van der Waals surface area contributed by atoms with Gasteiger partial charge in [-0.1, -0.05) is 12.1 Å². The van der Waals surface area contributed by atoms with E-state index in [1.54, 1.807) is 25.1 Å². The Morgan fingerprint density at radius 2 is 2.17 bits per heavy atom. The van der Waals surface area contributed by atoms with Crippen LogP contribution in [0, 0.1) is 0 Å². The first-order chi connectivity index (χ1) is 8.65. The molecule has 1 aromatic rings. The van der Waals surface area contributed by atoms with Gasteiger partial charge in [-0.25, -0.2) is 0 Å². The van der Waals surface area contributed by atoms with E-state index in [1.165, 1.54) is 0 Å². The summed E-state index contributed by atoms with van der Waals surface area (Å²) in [5.74, 6) is -0.667. The van der Waals surface area contributed by atoms with E-state index >= 15 is 0 Å². The molecule has 0 amide bonds. The lowest BCUT2D eigenvalue weighted by Crippen LogP contribution is -2.17. The molecule has 0 heterocycles. The molecule has 1 rings (SSSR count). The van der Waals surface area contributed by atoms with Crippen molar-refractivity contribution in [3.8, 4) is 0 Å². The zero-order chi connectivity index (χ0) is 13.4. The number of hydrogen-bond donors (Lipinski definition) is 2. The van der Waals surface area contributed by atoms with Gasteiger partial charge in [0.15, 0.2) is 0 Å². The van der Waals surface area contributed by atoms with E-state index in [0.29, 0.717) is 5.69 Å². The lowest BCUT2D eigenvalue weighted by Gasteiger charge is -2.12. The van der Waals surface area contributed by atoms with Crippen LogP contribution in [0.1, 0.15) is 18.4 Å². The average Bonchev–Trinajstić information content (AvgIpc) is 2.37. The molecule has 0 saturated carbocycles. The molecule has 0 saturated heterocycles. The molecule has 3 N–H and O–H groups in total. The molecule has 18 heavy (non-hydrogen) atoms. The highest BCUT2D eigenvalue weighted by Gasteiger charge is 2.16. The number of aliphatic hydroxyl groups is 1. The van der Waals surface area contributed by atoms with Gasteiger partial charge in [-0.15, -0.1) is 0 Å². The zero-order valence-electron chi connectivity index (χ0n) is 10.5. The molecule has 1 aromatic carbocycles. The number of nitrogens with two attached hydrogens (primary N) is 1. The molecule has 1 unspecified atom stereocenters. The molecular formula is C13H19NO4. The van der Waals surface area contributed by atoms with Gasteiger partial charge in [0.25, 0.3) is 0 Å². The smallest absolute Gasteiger partial charge is 0.313 e. The summed E-state index contributed by atoms with van der Waals surface area (Å²) < 4.78 is 10.0. The molecule has 5 nitrogen and oxygen atoms in total. The van der Waals surface area contributed by atoms with Crippen molar-refractivity contribution >= 4 is 11.7 Å². The van der Waals surface area contributed by atoms with Crippen molar-refractivity contribution in [2.24, 2.45) is 0 Å². The molecule has 0 fully saturated rings. The Bertz CT molecular complexity index is 381. The number of carbonyl (C=O) groups excluding carboxylic acids is 1. The number of hydrogen-bond acceptors (Lipinski definition) is 5. The molecule has 1 atom stereocenters. The molecule has 0 spiro atoms. The lowest BCUT2D eigenvalue weighted by atomic mass is 10.0. The van der Waals surface area contributed by atoms with E-state index in [-0.39, 0.29) is 38.3 Å². The first kappa shape index (κ1) is 14.5. The van der Waals surface area contributed by atoms with Crippen LogP contribution in [0.25, 0.3) is 0 Å². The Balaban J connectivity index is 2.37. The number of ether oxygens (including phenoxy) is 2. The Morgan fingerprint density at radius 3 is 2.83 bits per heavy atom. The van der Waals surface area contributed by atoms with Gasteiger partial charge in [-0.2, -0.15) is 0 Å². The van der Waals surface area contributed by atoms with E-state index in [2.05, 4.69) is 0 Å². The predicted molar refractivity (Wildman–Crippen MR) is 68.1 cm³/mol. The number of nitrogen functional groups attached to an aromatic ring is 1. The van der Waals surface area contributed by atoms with Crippen LogP contribution in [0.15, 0.2) is 24.3 Å². The minimum Gasteiger partial charge on any atom is -0.463 e. The maximum absolute atomic E-state index is 11.7. The maximum Gasteiger partial charge on any atom is 0.313 e. The third kappa shape index (κ3) is 4.73. The molecule has 0 radical (unpaired) electrons. The Hall–Kier alpha value is -1.59. The quantitative estimate of drug-likeness (QED) is 0.429. The van der Waals surface area contributed by atoms with Gasteiger partial charge in [0.1, 0.15) is 6.61 Å². The highest BCUT2D eigenvalue weighted by molar-refractivity contribution is 5.78. The second-order valence-corrected chi connectivity index (χ2v) is 3.90. The van der Waals surface area contributed by atoms with E-state index < -0.39 is 0 Å². The van der Waals surface area contributed by atoms with Crippen molar-refractivity contribution in [1.82, 2.24) is 0 Å². The largest absolute Gasteiger partial charge is 0.463 e. The van der Waals surface area contributed by atoms with Crippen molar-refractivity contribution in [3.05, 3.63) is 29.8 Å². The van der Waals surface area contributed by atoms with Gasteiger partial charge in [0.2, 0.25) is 0 Å². The Kier molecular flexibility index (Phi) is 6.18. The Labute approximate surface area is 107 Å². The summed E-state index contributed by atoms with van der Waals surface area (Å²) in [6.45, 7) is 2.46. The van der Waals surface area contributed by atoms with Crippen molar-refractivity contribution in [2.45, 2.75) is 12.8 Å². The third-order valence-electron chi connectivity index (χ3n) is 2.47. The van der Waals surface area contributed by atoms with Gasteiger partial charge in [0, 0.05) is 5.69 Å². The Morgan fingerprint density at radius 1 is 1.39 bits per heavy atom. The maximum atomic E-state index is 11.7. The minimum absolute atomic E-state index is 0.0341. The number of rotatable bonds is 7. The molecule has 0 aliphatic rings. The van der Waals surface area contributed by atoms with Crippen LogP contribution in [0.4, 0.5) is 5.69 Å². The molecule has 0 aliphatic heterocycles. The van der Waals surface area contributed by atoms with Gasteiger partial charge < -0.3 is 20.3 Å². The molecule has 5 heteroatoms. The minimum atomic E-state index is -0.355. The number of esters is 1. The second-order valence-electron chi connectivity index (χ2n) is 3.90. The third-order valence-corrected chi connectivity index (χ3v) is 2.47. The first-order valence-electron chi connectivity index (χ1n) is 5.86. The van der Waals surface area contributed by atoms with Crippen LogP contribution in [-0.2, 0) is 14.3 Å². The van der Waals surface area contributed by atoms with Crippen LogP contribution in [0.5, 0.6) is 0 Å². The van der Waals surface area contributed by atoms with E-state index in [1.807, 2.05) is 6.07 Å². The monoisotopic (exact) mass is 253 g/mol. The van der Waals surface area contributed by atoms with Gasteiger partial charge in [0.05, 0.1) is 25.7 Å². The number of anilines is 1. The van der Waals surface area contributed by atoms with Crippen molar-refractivity contribution in [3.63, 3.8) is 0 Å².